The number of nitrogens with zero attached hydrogens (tertiary/aromatic N) is 1. The van der Waals surface area contributed by atoms with Gasteiger partial charge in [0, 0.05) is 24.5 Å². The lowest BCUT2D eigenvalue weighted by Crippen LogP contribution is -2.38. The van der Waals surface area contributed by atoms with Crippen LogP contribution in [0.25, 0.3) is 0 Å². The maximum absolute atomic E-state index is 12.3. The molecule has 0 aliphatic heterocycles. The van der Waals surface area contributed by atoms with Crippen LogP contribution in [0, 0.1) is 0 Å². The molecule has 0 saturated heterocycles. The number of hydrogen-bond donors (Lipinski definition) is 2. The summed E-state index contributed by atoms with van der Waals surface area (Å²) in [6.07, 6.45) is 0.975. The molecule has 0 saturated carbocycles. The zero-order valence-electron chi connectivity index (χ0n) is 16.4. The lowest BCUT2D eigenvalue weighted by atomic mass is 10.0. The Morgan fingerprint density at radius 1 is 1.11 bits per heavy atom. The monoisotopic (exact) mass is 421 g/mol. The van der Waals surface area contributed by atoms with Gasteiger partial charge in [0.15, 0.2) is 0 Å². The van der Waals surface area contributed by atoms with E-state index in [2.05, 4.69) is 29.4 Å². The highest BCUT2D eigenvalue weighted by molar-refractivity contribution is 7.12. The molecule has 1 atom stereocenters. The van der Waals surface area contributed by atoms with Crippen LogP contribution in [0.15, 0.2) is 41.8 Å². The first kappa shape index (κ1) is 22.4. The van der Waals surface area contributed by atoms with Crippen LogP contribution in [0.1, 0.15) is 48.0 Å². The number of nitrogens with one attached hydrogen (secondary N) is 2. The number of amides is 2. The number of carbonyl (C=O) groups is 2. The third-order valence-electron chi connectivity index (χ3n) is 4.62. The highest BCUT2D eigenvalue weighted by atomic mass is 35.5. The van der Waals surface area contributed by atoms with Gasteiger partial charge in [0.05, 0.1) is 10.9 Å². The van der Waals surface area contributed by atoms with Crippen LogP contribution in [-0.2, 0) is 4.79 Å². The van der Waals surface area contributed by atoms with Crippen molar-refractivity contribution in [2.45, 2.75) is 32.7 Å². The van der Waals surface area contributed by atoms with Crippen molar-refractivity contribution in [3.05, 3.63) is 57.2 Å². The van der Waals surface area contributed by atoms with Crippen molar-refractivity contribution >= 4 is 34.8 Å². The van der Waals surface area contributed by atoms with Gasteiger partial charge in [0.1, 0.15) is 0 Å². The van der Waals surface area contributed by atoms with E-state index >= 15 is 0 Å². The van der Waals surface area contributed by atoms with Gasteiger partial charge in [-0.15, -0.1) is 11.3 Å². The minimum atomic E-state index is -0.0873. The summed E-state index contributed by atoms with van der Waals surface area (Å²) in [5.41, 5.74) is 1.02. The number of rotatable bonds is 11. The molecule has 2 N–H and O–H groups in total. The normalized spacial score (nSPS) is 12.0. The molecule has 0 bridgehead atoms. The van der Waals surface area contributed by atoms with Crippen LogP contribution in [-0.4, -0.2) is 42.9 Å². The predicted octanol–water partition coefficient (Wildman–Crippen LogP) is 4.11. The predicted molar refractivity (Wildman–Crippen MR) is 116 cm³/mol. The van der Waals surface area contributed by atoms with E-state index in [1.165, 1.54) is 11.3 Å². The van der Waals surface area contributed by atoms with E-state index in [1.54, 1.807) is 6.07 Å². The van der Waals surface area contributed by atoms with Crippen LogP contribution < -0.4 is 10.6 Å². The molecule has 1 heterocycles. The molecule has 1 unspecified atom stereocenters. The summed E-state index contributed by atoms with van der Waals surface area (Å²) in [6, 6.07) is 11.4. The van der Waals surface area contributed by atoms with Crippen molar-refractivity contribution in [1.29, 1.82) is 0 Å². The van der Waals surface area contributed by atoms with Gasteiger partial charge in [-0.1, -0.05) is 49.7 Å². The molecular formula is C21H28ClN3O2S. The highest BCUT2D eigenvalue weighted by Gasteiger charge is 2.20. The third kappa shape index (κ3) is 6.62. The fourth-order valence-electron chi connectivity index (χ4n) is 3.09. The fraction of sp³-hybridized carbons (Fsp3) is 0.429. The Hall–Kier alpha value is -1.89. The average Bonchev–Trinajstić information content (AvgIpc) is 3.24. The topological polar surface area (TPSA) is 61.4 Å². The Bertz CT molecular complexity index is 748. The third-order valence-corrected chi connectivity index (χ3v) is 5.83. The van der Waals surface area contributed by atoms with Gasteiger partial charge < -0.3 is 10.6 Å². The van der Waals surface area contributed by atoms with Crippen LogP contribution >= 0.6 is 22.9 Å². The first-order valence-electron chi connectivity index (χ1n) is 9.63. The Morgan fingerprint density at radius 2 is 1.86 bits per heavy atom. The summed E-state index contributed by atoms with van der Waals surface area (Å²) in [5.74, 6) is -0.106. The molecule has 0 aliphatic rings. The highest BCUT2D eigenvalue weighted by Crippen LogP contribution is 2.26. The molecule has 0 radical (unpaired) electrons. The number of halogens is 1. The number of thiophene rings is 1. The molecule has 1 aromatic carbocycles. The van der Waals surface area contributed by atoms with E-state index < -0.39 is 0 Å². The molecule has 2 aromatic rings. The molecule has 7 heteroatoms. The maximum atomic E-state index is 12.3. The van der Waals surface area contributed by atoms with Crippen molar-refractivity contribution in [3.8, 4) is 0 Å². The molecule has 28 heavy (non-hydrogen) atoms. The molecular weight excluding hydrogens is 394 g/mol. The van der Waals surface area contributed by atoms with E-state index in [1.807, 2.05) is 35.7 Å². The van der Waals surface area contributed by atoms with Crippen molar-refractivity contribution < 1.29 is 9.59 Å². The Labute approximate surface area is 176 Å². The quantitative estimate of drug-likeness (QED) is 0.536. The van der Waals surface area contributed by atoms with E-state index in [9.17, 15) is 9.59 Å². The standard InChI is InChI=1S/C21H28ClN3O2S/c1-3-25(4-2)18(16-9-5-6-10-17(16)22)15-24-20(26)12-7-13-23-21(27)19-11-8-14-28-19/h5-6,8-11,14,18H,3-4,7,12-13,15H2,1-2H3,(H,23,27)(H,24,26). The summed E-state index contributed by atoms with van der Waals surface area (Å²) in [6.45, 7) is 6.94. The van der Waals surface area contributed by atoms with Crippen molar-refractivity contribution in [2.75, 3.05) is 26.2 Å². The van der Waals surface area contributed by atoms with Gasteiger partial charge in [-0.05, 0) is 42.6 Å². The van der Waals surface area contributed by atoms with Crippen LogP contribution in [0.3, 0.4) is 0 Å². The van der Waals surface area contributed by atoms with Crippen molar-refractivity contribution in [2.24, 2.45) is 0 Å². The second-order valence-electron chi connectivity index (χ2n) is 6.40. The minimum Gasteiger partial charge on any atom is -0.354 e. The van der Waals surface area contributed by atoms with Gasteiger partial charge in [0.25, 0.3) is 5.91 Å². The summed E-state index contributed by atoms with van der Waals surface area (Å²) in [5, 5.41) is 8.45. The zero-order valence-corrected chi connectivity index (χ0v) is 18.0. The summed E-state index contributed by atoms with van der Waals surface area (Å²) in [4.78, 5) is 27.1. The van der Waals surface area contributed by atoms with Gasteiger partial charge in [-0.3, -0.25) is 14.5 Å². The molecule has 0 aliphatic carbocycles. The molecule has 2 amide bonds. The first-order valence-corrected chi connectivity index (χ1v) is 10.9. The van der Waals surface area contributed by atoms with Crippen LogP contribution in [0.5, 0.6) is 0 Å². The maximum Gasteiger partial charge on any atom is 0.261 e. The first-order chi connectivity index (χ1) is 13.6. The van der Waals surface area contributed by atoms with E-state index in [-0.39, 0.29) is 17.9 Å². The van der Waals surface area contributed by atoms with Gasteiger partial charge in [-0.25, -0.2) is 0 Å². The Balaban J connectivity index is 1.81. The van der Waals surface area contributed by atoms with Gasteiger partial charge in [-0.2, -0.15) is 0 Å². The number of likely N-dealkylation sites (N-methyl/N-ethyl adjacent to an activating group) is 1. The van der Waals surface area contributed by atoms with E-state index in [0.717, 1.165) is 18.7 Å². The van der Waals surface area contributed by atoms with Crippen LogP contribution in [0.2, 0.25) is 5.02 Å². The zero-order chi connectivity index (χ0) is 20.4. The van der Waals surface area contributed by atoms with E-state index in [0.29, 0.717) is 35.8 Å². The summed E-state index contributed by atoms with van der Waals surface area (Å²) < 4.78 is 0. The largest absolute Gasteiger partial charge is 0.354 e. The Morgan fingerprint density at radius 3 is 2.50 bits per heavy atom. The second kappa shape index (κ2) is 11.8. The van der Waals surface area contributed by atoms with E-state index in [4.69, 9.17) is 11.6 Å². The van der Waals surface area contributed by atoms with Crippen molar-refractivity contribution in [3.63, 3.8) is 0 Å². The SMILES string of the molecule is CCN(CC)C(CNC(=O)CCCNC(=O)c1cccs1)c1ccccc1Cl. The summed E-state index contributed by atoms with van der Waals surface area (Å²) in [7, 11) is 0. The van der Waals surface area contributed by atoms with Gasteiger partial charge in [0.2, 0.25) is 5.91 Å². The lowest BCUT2D eigenvalue weighted by Gasteiger charge is -2.31. The molecule has 152 valence electrons. The van der Waals surface area contributed by atoms with Gasteiger partial charge >= 0.3 is 0 Å². The fourth-order valence-corrected chi connectivity index (χ4v) is 3.99. The number of hydrogen-bond acceptors (Lipinski definition) is 4. The van der Waals surface area contributed by atoms with Crippen molar-refractivity contribution in [1.82, 2.24) is 15.5 Å². The number of benzene rings is 1. The molecule has 0 fully saturated rings. The van der Waals surface area contributed by atoms with Crippen LogP contribution in [0.4, 0.5) is 0 Å². The molecule has 2 rings (SSSR count). The Kier molecular flexibility index (Phi) is 9.47. The minimum absolute atomic E-state index is 0.0189. The molecule has 0 spiro atoms. The molecule has 5 nitrogen and oxygen atoms in total. The average molecular weight is 422 g/mol. The number of carbonyl (C=O) groups excluding carboxylic acids is 2. The lowest BCUT2D eigenvalue weighted by molar-refractivity contribution is -0.121. The summed E-state index contributed by atoms with van der Waals surface area (Å²) >= 11 is 7.79. The smallest absolute Gasteiger partial charge is 0.261 e. The second-order valence-corrected chi connectivity index (χ2v) is 7.75. The molecule has 1 aromatic heterocycles.